The third-order valence-electron chi connectivity index (χ3n) is 14.0. The number of nitrogen functional groups attached to an aromatic ring is 1. The number of aromatic hydroxyl groups is 1. The molecule has 4 amide bonds. The van der Waals surface area contributed by atoms with E-state index in [0.717, 1.165) is 84.7 Å². The van der Waals surface area contributed by atoms with Crippen LogP contribution in [0.25, 0.3) is 21.7 Å². The number of nitrogens with one attached hydrogen (secondary N) is 2. The molecule has 2 aromatic heterocycles. The standard InChI is InChI=1S/C57H75N9O8S/c1-38(41-21-23-42(24-22-41)52-39(2)59-37-75-52)60-55(71)47-34-43(67)36-66(47)56(72)53(57(3,4)5)61-50(69)19-10-8-6-7-9-11-20-51(70)65-28-26-64(27-29-65)30-32-73-44-16-14-15-40(33-44)25-31-74-49-35-46(62-63-54(49)58)45-17-12-13-18-48(45)68/h12-18,21-24,33,35,37-38,43,47,53,67-68H,6-11,19-20,25-32,34,36H2,1-5H3,(H2,58,63)(H,60,71)(H,61,69)/t38?,43-,47+,53?/m1/s1. The second-order valence-electron chi connectivity index (χ2n) is 20.8. The van der Waals surface area contributed by atoms with Crippen LogP contribution in [0.15, 0.2) is 84.4 Å². The van der Waals surface area contributed by atoms with Gasteiger partial charge in [0.1, 0.15) is 35.9 Å². The molecule has 0 spiro atoms. The van der Waals surface area contributed by atoms with Crippen molar-refractivity contribution < 1.29 is 38.9 Å². The van der Waals surface area contributed by atoms with Gasteiger partial charge in [0.15, 0.2) is 11.6 Å². The number of likely N-dealkylation sites (tertiary alicyclic amines) is 1. The average molecular weight is 1050 g/mol. The van der Waals surface area contributed by atoms with E-state index in [0.29, 0.717) is 62.6 Å². The number of piperazine rings is 1. The number of hydrogen-bond donors (Lipinski definition) is 5. The highest BCUT2D eigenvalue weighted by Gasteiger charge is 2.44. The van der Waals surface area contributed by atoms with Crippen molar-refractivity contribution in [2.75, 3.05) is 58.2 Å². The molecule has 2 saturated heterocycles. The van der Waals surface area contributed by atoms with Crippen LogP contribution < -0.4 is 25.8 Å². The van der Waals surface area contributed by atoms with Gasteiger partial charge in [-0.3, -0.25) is 24.1 Å². The summed E-state index contributed by atoms with van der Waals surface area (Å²) in [4.78, 5) is 65.3. The van der Waals surface area contributed by atoms with E-state index in [1.807, 2.05) is 99.6 Å². The molecule has 75 heavy (non-hydrogen) atoms. The van der Waals surface area contributed by atoms with E-state index in [9.17, 15) is 29.4 Å². The number of aliphatic hydroxyl groups is 1. The van der Waals surface area contributed by atoms with Crippen molar-refractivity contribution in [3.8, 4) is 38.9 Å². The van der Waals surface area contributed by atoms with E-state index < -0.39 is 23.6 Å². The third kappa shape index (κ3) is 15.9. The summed E-state index contributed by atoms with van der Waals surface area (Å²) in [6.45, 7) is 14.2. The Labute approximate surface area is 445 Å². The number of thiazole rings is 1. The Kier molecular flexibility index (Phi) is 20.0. The number of phenols is 1. The molecule has 2 aliphatic rings. The van der Waals surface area contributed by atoms with E-state index >= 15 is 0 Å². The topological polar surface area (TPSA) is 226 Å². The molecule has 7 rings (SSSR count). The van der Waals surface area contributed by atoms with Gasteiger partial charge in [-0.15, -0.1) is 21.5 Å². The second-order valence-corrected chi connectivity index (χ2v) is 21.7. The van der Waals surface area contributed by atoms with E-state index in [1.54, 1.807) is 35.6 Å². The molecule has 2 fully saturated rings. The predicted octanol–water partition coefficient (Wildman–Crippen LogP) is 7.50. The lowest BCUT2D eigenvalue weighted by molar-refractivity contribution is -0.144. The fourth-order valence-electron chi connectivity index (χ4n) is 9.58. The molecule has 17 nitrogen and oxygen atoms in total. The molecule has 0 saturated carbocycles. The fourth-order valence-corrected chi connectivity index (χ4v) is 10.4. The van der Waals surface area contributed by atoms with Gasteiger partial charge in [0.2, 0.25) is 23.6 Å². The lowest BCUT2D eigenvalue weighted by Gasteiger charge is -2.35. The summed E-state index contributed by atoms with van der Waals surface area (Å²) in [5, 5.41) is 35.0. The molecule has 6 N–H and O–H groups in total. The van der Waals surface area contributed by atoms with Crippen molar-refractivity contribution in [2.24, 2.45) is 5.41 Å². The van der Waals surface area contributed by atoms with Crippen molar-refractivity contribution in [1.29, 1.82) is 0 Å². The van der Waals surface area contributed by atoms with E-state index in [2.05, 4.69) is 30.7 Å². The zero-order valence-electron chi connectivity index (χ0n) is 44.1. The highest BCUT2D eigenvalue weighted by atomic mass is 32.1. The van der Waals surface area contributed by atoms with Gasteiger partial charge in [-0.05, 0) is 73.1 Å². The zero-order chi connectivity index (χ0) is 53.5. The van der Waals surface area contributed by atoms with Crippen LogP contribution in [-0.2, 0) is 25.6 Å². The molecule has 0 bridgehead atoms. The molecule has 4 heterocycles. The summed E-state index contributed by atoms with van der Waals surface area (Å²) < 4.78 is 12.1. The number of rotatable bonds is 24. The van der Waals surface area contributed by atoms with Gasteiger partial charge in [0.25, 0.3) is 0 Å². The minimum atomic E-state index is -0.873. The number of benzene rings is 3. The summed E-state index contributed by atoms with van der Waals surface area (Å²) in [7, 11) is 0. The van der Waals surface area contributed by atoms with Crippen LogP contribution in [0.4, 0.5) is 5.82 Å². The smallest absolute Gasteiger partial charge is 0.246 e. The minimum Gasteiger partial charge on any atom is -0.507 e. The van der Waals surface area contributed by atoms with Crippen LogP contribution in [0.5, 0.6) is 17.2 Å². The number of ether oxygens (including phenoxy) is 2. The fraction of sp³-hybridized carbons (Fsp3) is 0.491. The Hall–Kier alpha value is -6.63. The minimum absolute atomic E-state index is 0.0173. The van der Waals surface area contributed by atoms with Crippen molar-refractivity contribution in [2.45, 2.75) is 123 Å². The average Bonchev–Trinajstić information content (AvgIpc) is 4.02. The number of anilines is 1. The maximum Gasteiger partial charge on any atom is 0.246 e. The largest absolute Gasteiger partial charge is 0.507 e. The van der Waals surface area contributed by atoms with Crippen molar-refractivity contribution in [3.63, 3.8) is 0 Å². The first-order valence-electron chi connectivity index (χ1n) is 26.4. The first kappa shape index (κ1) is 56.1. The summed E-state index contributed by atoms with van der Waals surface area (Å²) in [5.74, 6) is 0.717. The molecule has 2 aliphatic heterocycles. The first-order valence-corrected chi connectivity index (χ1v) is 27.3. The maximum atomic E-state index is 14.1. The van der Waals surface area contributed by atoms with Gasteiger partial charge < -0.3 is 45.9 Å². The lowest BCUT2D eigenvalue weighted by Crippen LogP contribution is -2.57. The monoisotopic (exact) mass is 1050 g/mol. The zero-order valence-corrected chi connectivity index (χ0v) is 44.9. The van der Waals surface area contributed by atoms with E-state index in [-0.39, 0.29) is 60.6 Å². The molecule has 0 aliphatic carbocycles. The molecular formula is C57H75N9O8S. The van der Waals surface area contributed by atoms with E-state index in [4.69, 9.17) is 15.2 Å². The number of phenolic OH excluding ortho intramolecular Hbond substituents is 1. The number of aryl methyl sites for hydroxylation is 1. The van der Waals surface area contributed by atoms with Crippen molar-refractivity contribution in [3.05, 3.63) is 101 Å². The van der Waals surface area contributed by atoms with Gasteiger partial charge in [-0.1, -0.05) is 95.0 Å². The molecule has 5 aromatic rings. The quantitative estimate of drug-likeness (QED) is 0.0378. The lowest BCUT2D eigenvalue weighted by atomic mass is 9.85. The number of aliphatic hydroxyl groups excluding tert-OH is 1. The van der Waals surface area contributed by atoms with Crippen LogP contribution in [0.2, 0.25) is 0 Å². The second kappa shape index (κ2) is 26.7. The number of nitrogens with two attached hydrogens (primary N) is 1. The Balaban J connectivity index is 0.734. The summed E-state index contributed by atoms with van der Waals surface area (Å²) >= 11 is 1.58. The molecule has 18 heteroatoms. The van der Waals surface area contributed by atoms with E-state index in [1.165, 1.54) is 4.90 Å². The third-order valence-corrected chi connectivity index (χ3v) is 15.0. The van der Waals surface area contributed by atoms with Gasteiger partial charge in [-0.25, -0.2) is 4.98 Å². The summed E-state index contributed by atoms with van der Waals surface area (Å²) in [5.41, 5.74) is 12.2. The number of carbonyl (C=O) groups excluding carboxylic acids is 4. The Morgan fingerprint density at radius 2 is 1.57 bits per heavy atom. The number of unbranched alkanes of at least 4 members (excludes halogenated alkanes) is 5. The van der Waals surface area contributed by atoms with Crippen LogP contribution in [0.1, 0.15) is 108 Å². The van der Waals surface area contributed by atoms with Crippen LogP contribution in [0.3, 0.4) is 0 Å². The summed E-state index contributed by atoms with van der Waals surface area (Å²) in [6.07, 6.45) is 5.92. The molecular weight excluding hydrogens is 971 g/mol. The predicted molar refractivity (Wildman–Crippen MR) is 291 cm³/mol. The van der Waals surface area contributed by atoms with Crippen LogP contribution in [-0.4, -0.2) is 134 Å². The highest BCUT2D eigenvalue weighted by molar-refractivity contribution is 7.13. The SMILES string of the molecule is Cc1ncsc1-c1ccc(C(C)NC(=O)[C@@H]2C[C@@H](O)CN2C(=O)C(NC(=O)CCCCCCCCC(=O)N2CCN(CCOc3cccc(CCOc4cc(-c5ccccc5O)nnc4N)c3)CC2)C(C)(C)C)cc1. The number of hydrogen-bond acceptors (Lipinski definition) is 14. The molecule has 3 aromatic carbocycles. The maximum absolute atomic E-state index is 14.1. The molecule has 4 atom stereocenters. The molecule has 0 radical (unpaired) electrons. The Morgan fingerprint density at radius 1 is 0.853 bits per heavy atom. The number of nitrogens with zero attached hydrogens (tertiary/aromatic N) is 6. The molecule has 402 valence electrons. The molecule has 2 unspecified atom stereocenters. The van der Waals surface area contributed by atoms with Gasteiger partial charge >= 0.3 is 0 Å². The van der Waals surface area contributed by atoms with Gasteiger partial charge in [0, 0.05) is 76.6 Å². The Bertz CT molecular complexity index is 2690. The number of aromatic nitrogens is 3. The number of β-amino-alcohol motifs (C(OH)–C–C–N with tert-alkyl or cyclic N) is 1. The van der Waals surface area contributed by atoms with Crippen LogP contribution >= 0.6 is 11.3 Å². The normalized spacial score (nSPS) is 16.8. The van der Waals surface area contributed by atoms with Crippen molar-refractivity contribution in [1.82, 2.24) is 40.5 Å². The van der Waals surface area contributed by atoms with Gasteiger partial charge in [-0.2, -0.15) is 0 Å². The van der Waals surface area contributed by atoms with Crippen LogP contribution in [0, 0.1) is 12.3 Å². The number of carbonyl (C=O) groups is 4. The number of amides is 4. The summed E-state index contributed by atoms with van der Waals surface area (Å²) in [6, 6.07) is 22.4. The Morgan fingerprint density at radius 3 is 2.28 bits per heavy atom. The van der Waals surface area contributed by atoms with Gasteiger partial charge in [0.05, 0.1) is 34.8 Å². The van der Waals surface area contributed by atoms with Crippen molar-refractivity contribution >= 4 is 40.8 Å². The highest BCUT2D eigenvalue weighted by Crippen LogP contribution is 2.32. The first-order chi connectivity index (χ1) is 36.0. The number of para-hydroxylation sites is 1.